The van der Waals surface area contributed by atoms with Crippen molar-refractivity contribution in [2.75, 3.05) is 11.9 Å². The zero-order valence-electron chi connectivity index (χ0n) is 10.9. The van der Waals surface area contributed by atoms with Crippen LogP contribution in [0.2, 0.25) is 5.02 Å². The minimum absolute atomic E-state index is 0.599. The Kier molecular flexibility index (Phi) is 4.57. The standard InChI is InChI=1S/C12H16ClN5O/c1-3-6-19-11-5-4-9(7-10(11)13)8-14-12-15-16-17-18(12)2/h4-5,7H,3,6,8H2,1-2H3,(H,14,15,17). The van der Waals surface area contributed by atoms with Gasteiger partial charge in [0.1, 0.15) is 5.75 Å². The lowest BCUT2D eigenvalue weighted by Gasteiger charge is -2.09. The van der Waals surface area contributed by atoms with E-state index in [2.05, 4.69) is 27.8 Å². The van der Waals surface area contributed by atoms with E-state index in [1.807, 2.05) is 18.2 Å². The van der Waals surface area contributed by atoms with Crippen LogP contribution in [0.15, 0.2) is 18.2 Å². The highest BCUT2D eigenvalue weighted by molar-refractivity contribution is 6.32. The molecule has 0 aliphatic carbocycles. The molecule has 0 saturated heterocycles. The second-order valence-electron chi connectivity index (χ2n) is 4.09. The molecule has 0 aliphatic heterocycles. The first-order chi connectivity index (χ1) is 9.20. The molecule has 1 heterocycles. The first kappa shape index (κ1) is 13.6. The molecule has 0 atom stereocenters. The lowest BCUT2D eigenvalue weighted by molar-refractivity contribution is 0.317. The topological polar surface area (TPSA) is 64.9 Å². The van der Waals surface area contributed by atoms with E-state index in [9.17, 15) is 0 Å². The summed E-state index contributed by atoms with van der Waals surface area (Å²) in [6.45, 7) is 3.32. The van der Waals surface area contributed by atoms with E-state index in [4.69, 9.17) is 16.3 Å². The van der Waals surface area contributed by atoms with Crippen LogP contribution in [0, 0.1) is 0 Å². The van der Waals surface area contributed by atoms with E-state index in [0.717, 1.165) is 12.0 Å². The van der Waals surface area contributed by atoms with E-state index in [0.29, 0.717) is 29.9 Å². The van der Waals surface area contributed by atoms with Gasteiger partial charge in [0.2, 0.25) is 5.95 Å². The molecule has 2 aromatic rings. The van der Waals surface area contributed by atoms with Gasteiger partial charge in [-0.25, -0.2) is 4.68 Å². The Hall–Kier alpha value is -1.82. The third kappa shape index (κ3) is 3.57. The maximum Gasteiger partial charge on any atom is 0.242 e. The van der Waals surface area contributed by atoms with Crippen molar-refractivity contribution in [3.05, 3.63) is 28.8 Å². The summed E-state index contributed by atoms with van der Waals surface area (Å²) >= 11 is 6.16. The third-order valence-electron chi connectivity index (χ3n) is 2.53. The Labute approximate surface area is 116 Å². The Morgan fingerprint density at radius 2 is 2.26 bits per heavy atom. The van der Waals surface area contributed by atoms with Gasteiger partial charge >= 0.3 is 0 Å². The van der Waals surface area contributed by atoms with Crippen molar-refractivity contribution >= 4 is 17.5 Å². The predicted octanol–water partition coefficient (Wildman–Crippen LogP) is 2.26. The number of hydrogen-bond donors (Lipinski definition) is 1. The van der Waals surface area contributed by atoms with Crippen LogP contribution in [-0.4, -0.2) is 26.8 Å². The maximum absolute atomic E-state index is 6.16. The highest BCUT2D eigenvalue weighted by Crippen LogP contribution is 2.25. The SMILES string of the molecule is CCCOc1ccc(CNc2nnnn2C)cc1Cl. The summed E-state index contributed by atoms with van der Waals surface area (Å²) in [6, 6.07) is 5.72. The van der Waals surface area contributed by atoms with E-state index >= 15 is 0 Å². The van der Waals surface area contributed by atoms with Crippen molar-refractivity contribution in [2.45, 2.75) is 19.9 Å². The molecule has 0 radical (unpaired) electrons. The molecule has 102 valence electrons. The van der Waals surface area contributed by atoms with Gasteiger partial charge in [0.15, 0.2) is 0 Å². The minimum Gasteiger partial charge on any atom is -0.492 e. The third-order valence-corrected chi connectivity index (χ3v) is 2.82. The van der Waals surface area contributed by atoms with Gasteiger partial charge in [-0.05, 0) is 34.5 Å². The number of ether oxygens (including phenoxy) is 1. The van der Waals surface area contributed by atoms with E-state index in [-0.39, 0.29) is 0 Å². The quantitative estimate of drug-likeness (QED) is 0.880. The smallest absolute Gasteiger partial charge is 0.242 e. The number of benzene rings is 1. The fraction of sp³-hybridized carbons (Fsp3) is 0.417. The number of aryl methyl sites for hydroxylation is 1. The van der Waals surface area contributed by atoms with Crippen molar-refractivity contribution in [2.24, 2.45) is 7.05 Å². The molecule has 0 fully saturated rings. The van der Waals surface area contributed by atoms with Crippen LogP contribution in [0.1, 0.15) is 18.9 Å². The Balaban J connectivity index is 1.98. The van der Waals surface area contributed by atoms with Gasteiger partial charge in [0.05, 0.1) is 11.6 Å². The van der Waals surface area contributed by atoms with Crippen LogP contribution in [0.3, 0.4) is 0 Å². The van der Waals surface area contributed by atoms with Gasteiger partial charge < -0.3 is 10.1 Å². The number of halogens is 1. The zero-order chi connectivity index (χ0) is 13.7. The molecule has 19 heavy (non-hydrogen) atoms. The maximum atomic E-state index is 6.16. The van der Waals surface area contributed by atoms with Crippen molar-refractivity contribution in [1.29, 1.82) is 0 Å². The fourth-order valence-corrected chi connectivity index (χ4v) is 1.80. The lowest BCUT2D eigenvalue weighted by Crippen LogP contribution is -2.06. The number of nitrogens with zero attached hydrogens (tertiary/aromatic N) is 4. The van der Waals surface area contributed by atoms with E-state index in [1.54, 1.807) is 11.7 Å². The van der Waals surface area contributed by atoms with Gasteiger partial charge in [0, 0.05) is 13.6 Å². The molecule has 0 unspecified atom stereocenters. The van der Waals surface area contributed by atoms with Crippen LogP contribution >= 0.6 is 11.6 Å². The summed E-state index contributed by atoms with van der Waals surface area (Å²) < 4.78 is 7.09. The highest BCUT2D eigenvalue weighted by Gasteiger charge is 2.05. The molecule has 0 bridgehead atoms. The summed E-state index contributed by atoms with van der Waals surface area (Å²) in [5.41, 5.74) is 1.04. The molecular weight excluding hydrogens is 266 g/mol. The molecule has 1 aromatic heterocycles. The second-order valence-corrected chi connectivity index (χ2v) is 4.50. The molecule has 0 amide bonds. The highest BCUT2D eigenvalue weighted by atomic mass is 35.5. The van der Waals surface area contributed by atoms with Crippen molar-refractivity contribution in [3.63, 3.8) is 0 Å². The molecule has 1 N–H and O–H groups in total. The molecule has 1 aromatic carbocycles. The number of anilines is 1. The fourth-order valence-electron chi connectivity index (χ4n) is 1.54. The number of hydrogen-bond acceptors (Lipinski definition) is 5. The normalized spacial score (nSPS) is 10.5. The number of nitrogens with one attached hydrogen (secondary N) is 1. The molecule has 0 aliphatic rings. The molecule has 2 rings (SSSR count). The van der Waals surface area contributed by atoms with Gasteiger partial charge in [-0.3, -0.25) is 0 Å². The van der Waals surface area contributed by atoms with Gasteiger partial charge in [-0.2, -0.15) is 0 Å². The van der Waals surface area contributed by atoms with Crippen LogP contribution < -0.4 is 10.1 Å². The van der Waals surface area contributed by atoms with Crippen LogP contribution in [-0.2, 0) is 13.6 Å². The largest absolute Gasteiger partial charge is 0.492 e. The summed E-state index contributed by atoms with van der Waals surface area (Å²) in [5.74, 6) is 1.33. The summed E-state index contributed by atoms with van der Waals surface area (Å²) in [4.78, 5) is 0. The van der Waals surface area contributed by atoms with Gasteiger partial charge in [-0.1, -0.05) is 29.7 Å². The Morgan fingerprint density at radius 1 is 1.42 bits per heavy atom. The first-order valence-corrected chi connectivity index (χ1v) is 6.46. The Morgan fingerprint density at radius 3 is 2.89 bits per heavy atom. The Bertz CT molecular complexity index is 543. The van der Waals surface area contributed by atoms with Crippen LogP contribution in [0.5, 0.6) is 5.75 Å². The van der Waals surface area contributed by atoms with Crippen molar-refractivity contribution in [1.82, 2.24) is 20.2 Å². The predicted molar refractivity (Wildman–Crippen MR) is 73.4 cm³/mol. The van der Waals surface area contributed by atoms with Crippen molar-refractivity contribution < 1.29 is 4.74 Å². The summed E-state index contributed by atoms with van der Waals surface area (Å²) in [7, 11) is 1.77. The van der Waals surface area contributed by atoms with Crippen LogP contribution in [0.4, 0.5) is 5.95 Å². The number of aromatic nitrogens is 4. The lowest BCUT2D eigenvalue weighted by atomic mass is 10.2. The average Bonchev–Trinajstić information content (AvgIpc) is 2.81. The van der Waals surface area contributed by atoms with Gasteiger partial charge in [-0.15, -0.1) is 0 Å². The molecule has 0 saturated carbocycles. The van der Waals surface area contributed by atoms with Gasteiger partial charge in [0.25, 0.3) is 0 Å². The van der Waals surface area contributed by atoms with Crippen molar-refractivity contribution in [3.8, 4) is 5.75 Å². The molecular formula is C12H16ClN5O. The molecule has 0 spiro atoms. The van der Waals surface area contributed by atoms with Crippen LogP contribution in [0.25, 0.3) is 0 Å². The monoisotopic (exact) mass is 281 g/mol. The van der Waals surface area contributed by atoms with E-state index in [1.165, 1.54) is 0 Å². The zero-order valence-corrected chi connectivity index (χ0v) is 11.7. The average molecular weight is 282 g/mol. The first-order valence-electron chi connectivity index (χ1n) is 6.08. The number of rotatable bonds is 6. The second kappa shape index (κ2) is 6.38. The summed E-state index contributed by atoms with van der Waals surface area (Å²) in [6.07, 6.45) is 0.957. The summed E-state index contributed by atoms with van der Waals surface area (Å²) in [5, 5.41) is 14.9. The van der Waals surface area contributed by atoms with E-state index < -0.39 is 0 Å². The minimum atomic E-state index is 0.599. The molecule has 7 heteroatoms. The number of tetrazole rings is 1. The molecule has 6 nitrogen and oxygen atoms in total.